The Morgan fingerprint density at radius 3 is 2.38 bits per heavy atom. The van der Waals surface area contributed by atoms with Gasteiger partial charge >= 0.3 is 0 Å². The van der Waals surface area contributed by atoms with Gasteiger partial charge < -0.3 is 19.7 Å². The van der Waals surface area contributed by atoms with Crippen molar-refractivity contribution in [2.45, 2.75) is 0 Å². The highest BCUT2D eigenvalue weighted by Gasteiger charge is 2.10. The van der Waals surface area contributed by atoms with Gasteiger partial charge in [-0.15, -0.1) is 12.4 Å². The number of halogens is 1. The molecule has 2 aromatic rings. The molecule has 0 aliphatic heterocycles. The summed E-state index contributed by atoms with van der Waals surface area (Å²) in [5.74, 6) is 2.14. The summed E-state index contributed by atoms with van der Waals surface area (Å²) in [6.07, 6.45) is 1.55. The largest absolute Gasteiger partial charge is 0.493 e. The highest BCUT2D eigenvalue weighted by atomic mass is 35.5. The molecule has 1 heterocycles. The average molecular weight is 313 g/mol. The van der Waals surface area contributed by atoms with Gasteiger partial charge in [-0.2, -0.15) is 0 Å². The maximum Gasteiger partial charge on any atom is 0.162 e. The Labute approximate surface area is 130 Å². The Hall–Kier alpha value is -1.79. The smallest absolute Gasteiger partial charge is 0.162 e. The van der Waals surface area contributed by atoms with Crippen molar-refractivity contribution in [3.8, 4) is 11.5 Å². The molecule has 1 aromatic heterocycles. The Kier molecular flexibility index (Phi) is 6.45. The van der Waals surface area contributed by atoms with Crippen LogP contribution in [0.25, 0.3) is 10.9 Å². The van der Waals surface area contributed by atoms with Gasteiger partial charge in [-0.3, -0.25) is 0 Å². The van der Waals surface area contributed by atoms with Crippen LogP contribution < -0.4 is 14.8 Å². The van der Waals surface area contributed by atoms with Gasteiger partial charge in [0.1, 0.15) is 12.1 Å². The fourth-order valence-corrected chi connectivity index (χ4v) is 1.92. The van der Waals surface area contributed by atoms with Gasteiger partial charge in [0.25, 0.3) is 0 Å². The molecule has 0 bridgehead atoms. The lowest BCUT2D eigenvalue weighted by atomic mass is 10.2. The minimum Gasteiger partial charge on any atom is -0.493 e. The SMILES string of the molecule is COc1cc2ncnc(NCCN(C)C)c2cc1OC.Cl. The quantitative estimate of drug-likeness (QED) is 0.881. The molecule has 0 aliphatic rings. The summed E-state index contributed by atoms with van der Waals surface area (Å²) in [5, 5.41) is 4.24. The lowest BCUT2D eigenvalue weighted by Gasteiger charge is -2.13. The molecule has 0 unspecified atom stereocenters. The summed E-state index contributed by atoms with van der Waals surface area (Å²) in [4.78, 5) is 10.7. The van der Waals surface area contributed by atoms with E-state index in [0.29, 0.717) is 11.5 Å². The lowest BCUT2D eigenvalue weighted by molar-refractivity contribution is 0.356. The first kappa shape index (κ1) is 17.3. The number of ether oxygens (including phenoxy) is 2. The molecule has 0 aliphatic carbocycles. The number of hydrogen-bond acceptors (Lipinski definition) is 6. The minimum absolute atomic E-state index is 0. The first-order valence-electron chi connectivity index (χ1n) is 6.41. The van der Waals surface area contributed by atoms with Crippen molar-refractivity contribution >= 4 is 29.1 Å². The van der Waals surface area contributed by atoms with Gasteiger partial charge in [-0.1, -0.05) is 0 Å². The van der Waals surface area contributed by atoms with E-state index in [1.807, 2.05) is 26.2 Å². The zero-order valence-electron chi connectivity index (χ0n) is 12.7. The number of anilines is 1. The van der Waals surface area contributed by atoms with Crippen molar-refractivity contribution in [2.24, 2.45) is 0 Å². The van der Waals surface area contributed by atoms with Crippen molar-refractivity contribution in [1.29, 1.82) is 0 Å². The molecule has 7 heteroatoms. The van der Waals surface area contributed by atoms with E-state index in [4.69, 9.17) is 9.47 Å². The van der Waals surface area contributed by atoms with Gasteiger partial charge in [0.2, 0.25) is 0 Å². The summed E-state index contributed by atoms with van der Waals surface area (Å²) in [6.45, 7) is 1.74. The molecule has 0 saturated carbocycles. The normalized spacial score (nSPS) is 10.3. The van der Waals surface area contributed by atoms with Crippen molar-refractivity contribution in [3.63, 3.8) is 0 Å². The number of nitrogens with zero attached hydrogens (tertiary/aromatic N) is 3. The third kappa shape index (κ3) is 4.09. The fraction of sp³-hybridized carbons (Fsp3) is 0.429. The van der Waals surface area contributed by atoms with Gasteiger partial charge in [-0.05, 0) is 20.2 Å². The molecule has 0 radical (unpaired) electrons. The Balaban J connectivity index is 0.00000220. The summed E-state index contributed by atoms with van der Waals surface area (Å²) < 4.78 is 10.6. The van der Waals surface area contributed by atoms with E-state index in [1.54, 1.807) is 20.5 Å². The van der Waals surface area contributed by atoms with Gasteiger partial charge in [0.05, 0.1) is 19.7 Å². The van der Waals surface area contributed by atoms with Gasteiger partial charge in [0.15, 0.2) is 11.5 Å². The third-order valence-electron chi connectivity index (χ3n) is 2.99. The van der Waals surface area contributed by atoms with Crippen molar-refractivity contribution in [2.75, 3.05) is 46.7 Å². The molecule has 0 fully saturated rings. The second-order valence-electron chi connectivity index (χ2n) is 4.68. The van der Waals surface area contributed by atoms with Crippen LogP contribution in [0.4, 0.5) is 5.82 Å². The second-order valence-corrected chi connectivity index (χ2v) is 4.68. The number of benzene rings is 1. The summed E-state index contributed by atoms with van der Waals surface area (Å²) >= 11 is 0. The predicted molar refractivity (Wildman–Crippen MR) is 86.9 cm³/mol. The van der Waals surface area contributed by atoms with Crippen LogP contribution in [0.2, 0.25) is 0 Å². The molecular formula is C14H21ClN4O2. The van der Waals surface area contributed by atoms with Crippen LogP contribution in [0.5, 0.6) is 11.5 Å². The van der Waals surface area contributed by atoms with E-state index in [-0.39, 0.29) is 12.4 Å². The Bertz CT molecular complexity index is 592. The van der Waals surface area contributed by atoms with Crippen LogP contribution in [0.3, 0.4) is 0 Å². The zero-order valence-corrected chi connectivity index (χ0v) is 13.5. The maximum absolute atomic E-state index is 5.33. The number of rotatable bonds is 6. The number of likely N-dealkylation sites (N-methyl/N-ethyl adjacent to an activating group) is 1. The Morgan fingerprint density at radius 1 is 1.10 bits per heavy atom. The molecule has 21 heavy (non-hydrogen) atoms. The maximum atomic E-state index is 5.33. The van der Waals surface area contributed by atoms with E-state index in [9.17, 15) is 0 Å². The van der Waals surface area contributed by atoms with Gasteiger partial charge in [0, 0.05) is 24.5 Å². The molecule has 0 saturated heterocycles. The lowest BCUT2D eigenvalue weighted by Crippen LogP contribution is -2.21. The summed E-state index contributed by atoms with van der Waals surface area (Å²) in [7, 11) is 7.30. The predicted octanol–water partition coefficient (Wildman–Crippen LogP) is 2.04. The monoisotopic (exact) mass is 312 g/mol. The average Bonchev–Trinajstić information content (AvgIpc) is 2.45. The highest BCUT2D eigenvalue weighted by molar-refractivity contribution is 5.91. The molecule has 2 rings (SSSR count). The van der Waals surface area contributed by atoms with Crippen LogP contribution in [-0.2, 0) is 0 Å². The van der Waals surface area contributed by atoms with Crippen molar-refractivity contribution in [3.05, 3.63) is 18.5 Å². The first-order chi connectivity index (χ1) is 9.65. The molecule has 0 amide bonds. The molecule has 1 N–H and O–H groups in total. The number of aromatic nitrogens is 2. The molecule has 0 atom stereocenters. The van der Waals surface area contributed by atoms with E-state index in [0.717, 1.165) is 29.8 Å². The highest BCUT2D eigenvalue weighted by Crippen LogP contribution is 2.33. The molecule has 6 nitrogen and oxygen atoms in total. The Morgan fingerprint density at radius 2 is 1.76 bits per heavy atom. The van der Waals surface area contributed by atoms with Gasteiger partial charge in [-0.25, -0.2) is 9.97 Å². The topological polar surface area (TPSA) is 59.5 Å². The number of nitrogens with one attached hydrogen (secondary N) is 1. The van der Waals surface area contributed by atoms with Crippen LogP contribution in [0, 0.1) is 0 Å². The van der Waals surface area contributed by atoms with Crippen LogP contribution in [-0.4, -0.2) is 56.3 Å². The van der Waals surface area contributed by atoms with Crippen LogP contribution in [0.1, 0.15) is 0 Å². The number of fused-ring (bicyclic) bond motifs is 1. The minimum atomic E-state index is 0. The molecule has 0 spiro atoms. The van der Waals surface area contributed by atoms with E-state index < -0.39 is 0 Å². The number of hydrogen-bond donors (Lipinski definition) is 1. The fourth-order valence-electron chi connectivity index (χ4n) is 1.92. The standard InChI is InChI=1S/C14H20N4O2.ClH/c1-18(2)6-5-15-14-10-7-12(19-3)13(20-4)8-11(10)16-9-17-14;/h7-9H,5-6H2,1-4H3,(H,15,16,17);1H. The zero-order chi connectivity index (χ0) is 14.5. The van der Waals surface area contributed by atoms with Crippen LogP contribution >= 0.6 is 12.4 Å². The summed E-state index contributed by atoms with van der Waals surface area (Å²) in [6, 6.07) is 3.75. The molecule has 1 aromatic carbocycles. The van der Waals surface area contributed by atoms with E-state index in [2.05, 4.69) is 20.2 Å². The molecular weight excluding hydrogens is 292 g/mol. The van der Waals surface area contributed by atoms with Crippen molar-refractivity contribution in [1.82, 2.24) is 14.9 Å². The number of methoxy groups -OCH3 is 2. The first-order valence-corrected chi connectivity index (χ1v) is 6.41. The van der Waals surface area contributed by atoms with E-state index >= 15 is 0 Å². The molecule has 116 valence electrons. The third-order valence-corrected chi connectivity index (χ3v) is 2.99. The second kappa shape index (κ2) is 7.85. The van der Waals surface area contributed by atoms with Crippen molar-refractivity contribution < 1.29 is 9.47 Å². The van der Waals surface area contributed by atoms with Crippen LogP contribution in [0.15, 0.2) is 18.5 Å². The summed E-state index contributed by atoms with van der Waals surface area (Å²) in [5.41, 5.74) is 0.824. The van der Waals surface area contributed by atoms with E-state index in [1.165, 1.54) is 0 Å².